The van der Waals surface area contributed by atoms with Crippen molar-refractivity contribution >= 4 is 40.7 Å². The van der Waals surface area contributed by atoms with Crippen LogP contribution in [0.2, 0.25) is 5.15 Å². The molecule has 0 saturated heterocycles. The molecule has 0 aliphatic rings. The van der Waals surface area contributed by atoms with Crippen LogP contribution in [0.25, 0.3) is 11.6 Å². The van der Waals surface area contributed by atoms with Crippen molar-refractivity contribution in [2.75, 3.05) is 7.11 Å². The molecule has 0 aliphatic heterocycles. The molecule has 3 rings (SSSR count). The predicted molar refractivity (Wildman–Crippen MR) is 81.3 cm³/mol. The second-order valence-electron chi connectivity index (χ2n) is 4.04. The molecule has 0 unspecified atom stereocenters. The van der Waals surface area contributed by atoms with Crippen LogP contribution in [0.1, 0.15) is 9.67 Å². The summed E-state index contributed by atoms with van der Waals surface area (Å²) in [6.45, 7) is 0. The van der Waals surface area contributed by atoms with Gasteiger partial charge in [-0.2, -0.15) is 0 Å². The van der Waals surface area contributed by atoms with E-state index in [0.717, 1.165) is 11.3 Å². The summed E-state index contributed by atoms with van der Waals surface area (Å²) in [5.74, 6) is 0.709. The number of hydrogen-bond donors (Lipinski definition) is 0. The van der Waals surface area contributed by atoms with Gasteiger partial charge in [-0.1, -0.05) is 22.9 Å². The molecule has 0 amide bonds. The topological polar surface area (TPSA) is 83.0 Å². The summed E-state index contributed by atoms with van der Waals surface area (Å²) in [7, 11) is 3.11. The maximum Gasteiger partial charge on any atom is 0.351 e. The van der Waals surface area contributed by atoms with Crippen molar-refractivity contribution in [3.8, 4) is 11.6 Å². The molecule has 0 atom stereocenters. The molecule has 3 aromatic rings. The fraction of sp³-hybridized carbons (Fsp3) is 0.167. The number of carbonyl (C=O) groups excluding carboxylic acids is 1. The van der Waals surface area contributed by atoms with E-state index in [1.54, 1.807) is 23.0 Å². The number of hydrogen-bond acceptors (Lipinski definition) is 8. The molecule has 0 fully saturated rings. The number of aromatic nitrogens is 4. The first-order chi connectivity index (χ1) is 10.6. The molecule has 0 saturated carbocycles. The molecule has 10 heteroatoms. The van der Waals surface area contributed by atoms with Crippen LogP contribution in [0.3, 0.4) is 0 Å². The van der Waals surface area contributed by atoms with E-state index in [9.17, 15) is 4.79 Å². The molecule has 7 nitrogen and oxygen atoms in total. The van der Waals surface area contributed by atoms with Crippen LogP contribution < -0.4 is 0 Å². The van der Waals surface area contributed by atoms with E-state index < -0.39 is 5.97 Å². The van der Waals surface area contributed by atoms with Crippen molar-refractivity contribution in [1.29, 1.82) is 0 Å². The molecule has 0 spiro atoms. The van der Waals surface area contributed by atoms with Crippen LogP contribution in [0.15, 0.2) is 32.3 Å². The lowest BCUT2D eigenvalue weighted by molar-refractivity contribution is 0.0606. The summed E-state index contributed by atoms with van der Waals surface area (Å²) >= 11 is 8.34. The van der Waals surface area contributed by atoms with Gasteiger partial charge in [0.1, 0.15) is 0 Å². The zero-order valence-electron chi connectivity index (χ0n) is 11.4. The Morgan fingerprint density at radius 3 is 3.00 bits per heavy atom. The van der Waals surface area contributed by atoms with E-state index in [-0.39, 0.29) is 10.0 Å². The van der Waals surface area contributed by atoms with Crippen LogP contribution in [0.5, 0.6) is 0 Å². The number of nitrogens with zero attached hydrogens (tertiary/aromatic N) is 4. The van der Waals surface area contributed by atoms with Gasteiger partial charge < -0.3 is 13.7 Å². The van der Waals surface area contributed by atoms with E-state index in [1.807, 2.05) is 7.05 Å². The van der Waals surface area contributed by atoms with Gasteiger partial charge in [0.05, 0.1) is 13.4 Å². The molecule has 0 radical (unpaired) electrons. The van der Waals surface area contributed by atoms with E-state index in [0.29, 0.717) is 21.1 Å². The number of esters is 1. The smallest absolute Gasteiger partial charge is 0.351 e. The Bertz CT molecular complexity index is 813. The minimum absolute atomic E-state index is 0.118. The van der Waals surface area contributed by atoms with Gasteiger partial charge in [-0.3, -0.25) is 0 Å². The quantitative estimate of drug-likeness (QED) is 0.664. The SMILES string of the molecule is COC(=O)c1sc(Sc2nnc(-c3ccco3)n2C)nc1Cl. The van der Waals surface area contributed by atoms with Crippen LogP contribution in [-0.2, 0) is 11.8 Å². The van der Waals surface area contributed by atoms with Crippen molar-refractivity contribution in [3.05, 3.63) is 28.4 Å². The highest BCUT2D eigenvalue weighted by Crippen LogP contribution is 2.35. The van der Waals surface area contributed by atoms with Gasteiger partial charge in [-0.15, -0.1) is 10.2 Å². The fourth-order valence-corrected chi connectivity index (χ4v) is 3.87. The molecule has 0 aliphatic carbocycles. The third kappa shape index (κ3) is 2.74. The Morgan fingerprint density at radius 1 is 1.50 bits per heavy atom. The summed E-state index contributed by atoms with van der Waals surface area (Å²) in [5, 5.41) is 8.90. The first-order valence-electron chi connectivity index (χ1n) is 5.96. The number of thiazole rings is 1. The van der Waals surface area contributed by atoms with Gasteiger partial charge in [-0.25, -0.2) is 9.78 Å². The van der Waals surface area contributed by atoms with Crippen molar-refractivity contribution in [2.45, 2.75) is 9.50 Å². The summed E-state index contributed by atoms with van der Waals surface area (Å²) in [4.78, 5) is 15.9. The minimum Gasteiger partial charge on any atom is -0.465 e. The summed E-state index contributed by atoms with van der Waals surface area (Å²) in [6, 6.07) is 3.58. The second kappa shape index (κ2) is 6.11. The van der Waals surface area contributed by atoms with E-state index in [2.05, 4.69) is 19.9 Å². The van der Waals surface area contributed by atoms with Gasteiger partial charge in [0.15, 0.2) is 31.1 Å². The highest BCUT2D eigenvalue weighted by atomic mass is 35.5. The van der Waals surface area contributed by atoms with Gasteiger partial charge >= 0.3 is 5.97 Å². The Morgan fingerprint density at radius 2 is 2.32 bits per heavy atom. The number of carbonyl (C=O) groups is 1. The third-order valence-corrected chi connectivity index (χ3v) is 5.21. The molecule has 3 aromatic heterocycles. The Kier molecular flexibility index (Phi) is 4.19. The normalized spacial score (nSPS) is 10.9. The second-order valence-corrected chi connectivity index (χ2v) is 6.61. The lowest BCUT2D eigenvalue weighted by Gasteiger charge is -1.99. The summed E-state index contributed by atoms with van der Waals surface area (Å²) < 4.78 is 12.3. The summed E-state index contributed by atoms with van der Waals surface area (Å²) in [5.41, 5.74) is 0. The maximum atomic E-state index is 11.5. The molecule has 0 bridgehead atoms. The van der Waals surface area contributed by atoms with Gasteiger partial charge in [0.2, 0.25) is 0 Å². The Balaban J connectivity index is 1.87. The van der Waals surface area contributed by atoms with E-state index in [4.69, 9.17) is 16.0 Å². The average molecular weight is 357 g/mol. The van der Waals surface area contributed by atoms with E-state index >= 15 is 0 Å². The molecule has 0 aromatic carbocycles. The summed E-state index contributed by atoms with van der Waals surface area (Å²) in [6.07, 6.45) is 1.57. The van der Waals surface area contributed by atoms with Gasteiger partial charge in [-0.05, 0) is 23.9 Å². The molecule has 3 heterocycles. The highest BCUT2D eigenvalue weighted by molar-refractivity contribution is 8.00. The van der Waals surface area contributed by atoms with Crippen molar-refractivity contribution < 1.29 is 13.9 Å². The van der Waals surface area contributed by atoms with E-state index in [1.165, 1.54) is 18.9 Å². The fourth-order valence-electron chi connectivity index (χ4n) is 1.65. The monoisotopic (exact) mass is 356 g/mol. The van der Waals surface area contributed by atoms with Crippen molar-refractivity contribution in [3.63, 3.8) is 0 Å². The third-order valence-electron chi connectivity index (χ3n) is 2.69. The lowest BCUT2D eigenvalue weighted by Crippen LogP contribution is -1.98. The average Bonchev–Trinajstić information content (AvgIpc) is 3.21. The van der Waals surface area contributed by atoms with Gasteiger partial charge in [0.25, 0.3) is 0 Å². The minimum atomic E-state index is -0.511. The standard InChI is InChI=1S/C12H9ClN4O3S2/c1-17-9(6-4-3-5-20-6)15-16-11(17)22-12-14-8(13)7(21-12)10(18)19-2/h3-5H,1-2H3. The van der Waals surface area contributed by atoms with Crippen LogP contribution in [-0.4, -0.2) is 32.8 Å². The zero-order valence-corrected chi connectivity index (χ0v) is 13.8. The van der Waals surface area contributed by atoms with Crippen LogP contribution in [0.4, 0.5) is 0 Å². The highest BCUT2D eigenvalue weighted by Gasteiger charge is 2.20. The first-order valence-corrected chi connectivity index (χ1v) is 7.97. The molecule has 0 N–H and O–H groups in total. The number of methoxy groups -OCH3 is 1. The lowest BCUT2D eigenvalue weighted by atomic mass is 10.4. The number of ether oxygens (including phenoxy) is 1. The maximum absolute atomic E-state index is 11.5. The Hall–Kier alpha value is -1.84. The molecular formula is C12H9ClN4O3S2. The number of halogens is 1. The zero-order chi connectivity index (χ0) is 15.7. The van der Waals surface area contributed by atoms with Crippen molar-refractivity contribution in [2.24, 2.45) is 7.05 Å². The van der Waals surface area contributed by atoms with Crippen LogP contribution >= 0.6 is 34.7 Å². The van der Waals surface area contributed by atoms with Crippen molar-refractivity contribution in [1.82, 2.24) is 19.7 Å². The predicted octanol–water partition coefficient (Wildman–Crippen LogP) is 3.12. The first kappa shape index (κ1) is 15.1. The molecular weight excluding hydrogens is 348 g/mol. The molecule has 114 valence electrons. The number of furan rings is 1. The Labute approximate surface area is 138 Å². The number of rotatable bonds is 4. The molecule has 22 heavy (non-hydrogen) atoms. The van der Waals surface area contributed by atoms with Crippen LogP contribution in [0, 0.1) is 0 Å². The largest absolute Gasteiger partial charge is 0.465 e. The van der Waals surface area contributed by atoms with Gasteiger partial charge in [0, 0.05) is 7.05 Å².